The van der Waals surface area contributed by atoms with E-state index in [0.29, 0.717) is 29.7 Å². The summed E-state index contributed by atoms with van der Waals surface area (Å²) in [7, 11) is -3.69. The highest BCUT2D eigenvalue weighted by molar-refractivity contribution is 7.89. The number of rotatable bonds is 4. The highest BCUT2D eigenvalue weighted by Gasteiger charge is 2.31. The van der Waals surface area contributed by atoms with Gasteiger partial charge >= 0.3 is 0 Å². The number of hydrogen-bond acceptors (Lipinski definition) is 6. The van der Waals surface area contributed by atoms with Crippen molar-refractivity contribution >= 4 is 43.9 Å². The number of sulfonamides is 1. The molecule has 2 heterocycles. The number of anilines is 1. The molecule has 0 amide bonds. The van der Waals surface area contributed by atoms with Crippen molar-refractivity contribution in [2.45, 2.75) is 11.8 Å². The summed E-state index contributed by atoms with van der Waals surface area (Å²) < 4.78 is 27.4. The first-order valence-corrected chi connectivity index (χ1v) is 11.2. The molecule has 0 spiro atoms. The van der Waals surface area contributed by atoms with E-state index in [9.17, 15) is 18.5 Å². The molecule has 2 aromatic carbocycles. The topological polar surface area (TPSA) is 96.7 Å². The third-order valence-electron chi connectivity index (χ3n) is 5.15. The van der Waals surface area contributed by atoms with Crippen molar-refractivity contribution in [1.82, 2.24) is 9.29 Å². The molecule has 0 atom stereocenters. The molecule has 8 nitrogen and oxygen atoms in total. The Labute approximate surface area is 178 Å². The van der Waals surface area contributed by atoms with Gasteiger partial charge in [-0.15, -0.1) is 0 Å². The molecule has 1 aliphatic rings. The first-order valence-electron chi connectivity index (χ1n) is 9.33. The second-order valence-corrected chi connectivity index (χ2v) is 9.35. The van der Waals surface area contributed by atoms with Gasteiger partial charge in [-0.2, -0.15) is 4.31 Å². The van der Waals surface area contributed by atoms with Crippen LogP contribution in [0.25, 0.3) is 10.9 Å². The van der Waals surface area contributed by atoms with Gasteiger partial charge in [0, 0.05) is 49.0 Å². The van der Waals surface area contributed by atoms with Crippen molar-refractivity contribution in [3.05, 3.63) is 69.4 Å². The van der Waals surface area contributed by atoms with Gasteiger partial charge in [0.25, 0.3) is 5.69 Å². The molecular weight excluding hydrogens is 428 g/mol. The van der Waals surface area contributed by atoms with Crippen LogP contribution in [0.15, 0.2) is 53.4 Å². The number of piperazine rings is 1. The van der Waals surface area contributed by atoms with Crippen LogP contribution >= 0.6 is 11.6 Å². The third-order valence-corrected chi connectivity index (χ3v) is 7.55. The maximum Gasteiger partial charge on any atom is 0.295 e. The maximum absolute atomic E-state index is 13.0. The van der Waals surface area contributed by atoms with E-state index in [1.807, 2.05) is 11.0 Å². The molecule has 3 aromatic rings. The highest BCUT2D eigenvalue weighted by atomic mass is 35.5. The molecular formula is C20H19ClN4O4S. The Morgan fingerprint density at radius 1 is 1.07 bits per heavy atom. The number of para-hydroxylation sites is 1. The lowest BCUT2D eigenvalue weighted by atomic mass is 10.1. The van der Waals surface area contributed by atoms with Crippen LogP contribution in [-0.4, -0.2) is 48.8 Å². The Morgan fingerprint density at radius 2 is 1.77 bits per heavy atom. The minimum absolute atomic E-state index is 0.0441. The van der Waals surface area contributed by atoms with Gasteiger partial charge in [-0.3, -0.25) is 10.1 Å². The van der Waals surface area contributed by atoms with E-state index in [4.69, 9.17) is 11.6 Å². The SMILES string of the molecule is Cc1cc(N2CCN(S(=O)(=O)c3ccccc3Cl)CC2)c2cccc([N+](=O)[O-])c2n1. The van der Waals surface area contributed by atoms with Crippen molar-refractivity contribution in [3.63, 3.8) is 0 Å². The van der Waals surface area contributed by atoms with Crippen LogP contribution < -0.4 is 4.90 Å². The molecule has 0 unspecified atom stereocenters. The summed E-state index contributed by atoms with van der Waals surface area (Å²) in [6, 6.07) is 13.2. The number of aromatic nitrogens is 1. The molecule has 0 bridgehead atoms. The van der Waals surface area contributed by atoms with Gasteiger partial charge in [0.1, 0.15) is 4.90 Å². The van der Waals surface area contributed by atoms with Crippen LogP contribution in [0.4, 0.5) is 11.4 Å². The number of fused-ring (bicyclic) bond motifs is 1. The van der Waals surface area contributed by atoms with Crippen LogP contribution in [0, 0.1) is 17.0 Å². The van der Waals surface area contributed by atoms with Gasteiger partial charge in [0.15, 0.2) is 5.52 Å². The fourth-order valence-electron chi connectivity index (χ4n) is 3.71. The van der Waals surface area contributed by atoms with Gasteiger partial charge in [-0.05, 0) is 25.1 Å². The average Bonchev–Trinajstić information content (AvgIpc) is 2.73. The minimum atomic E-state index is -3.69. The molecule has 10 heteroatoms. The summed E-state index contributed by atoms with van der Waals surface area (Å²) in [5, 5.41) is 12.3. The van der Waals surface area contributed by atoms with E-state index in [1.54, 1.807) is 37.3 Å². The molecule has 30 heavy (non-hydrogen) atoms. The molecule has 0 N–H and O–H groups in total. The molecule has 0 radical (unpaired) electrons. The number of pyridine rings is 1. The number of aryl methyl sites for hydroxylation is 1. The Morgan fingerprint density at radius 3 is 2.43 bits per heavy atom. The number of nitro benzene ring substituents is 1. The van der Waals surface area contributed by atoms with Crippen molar-refractivity contribution in [3.8, 4) is 0 Å². The largest absolute Gasteiger partial charge is 0.368 e. The fraction of sp³-hybridized carbons (Fsp3) is 0.250. The molecule has 1 aliphatic heterocycles. The quantitative estimate of drug-likeness (QED) is 0.448. The van der Waals surface area contributed by atoms with Gasteiger partial charge in [0.2, 0.25) is 10.0 Å². The molecule has 1 aromatic heterocycles. The highest BCUT2D eigenvalue weighted by Crippen LogP contribution is 2.33. The number of halogens is 1. The predicted molar refractivity (Wildman–Crippen MR) is 116 cm³/mol. The first-order chi connectivity index (χ1) is 14.3. The summed E-state index contributed by atoms with van der Waals surface area (Å²) in [5.74, 6) is 0. The van der Waals surface area contributed by atoms with Crippen LogP contribution in [0.1, 0.15) is 5.69 Å². The normalized spacial score (nSPS) is 15.5. The van der Waals surface area contributed by atoms with Gasteiger partial charge < -0.3 is 4.90 Å². The average molecular weight is 447 g/mol. The minimum Gasteiger partial charge on any atom is -0.368 e. The van der Waals surface area contributed by atoms with Crippen LogP contribution in [-0.2, 0) is 10.0 Å². The molecule has 0 saturated carbocycles. The van der Waals surface area contributed by atoms with E-state index < -0.39 is 14.9 Å². The number of benzene rings is 2. The van der Waals surface area contributed by atoms with E-state index >= 15 is 0 Å². The smallest absolute Gasteiger partial charge is 0.295 e. The fourth-order valence-corrected chi connectivity index (χ4v) is 5.63. The summed E-state index contributed by atoms with van der Waals surface area (Å²) >= 11 is 6.10. The van der Waals surface area contributed by atoms with Crippen molar-refractivity contribution in [2.75, 3.05) is 31.1 Å². The zero-order chi connectivity index (χ0) is 21.5. The molecule has 0 aliphatic carbocycles. The summed E-state index contributed by atoms with van der Waals surface area (Å²) in [6.07, 6.45) is 0. The second-order valence-electron chi connectivity index (χ2n) is 7.03. The number of non-ortho nitro benzene ring substituents is 1. The summed E-state index contributed by atoms with van der Waals surface area (Å²) in [5.41, 5.74) is 1.77. The monoisotopic (exact) mass is 446 g/mol. The zero-order valence-electron chi connectivity index (χ0n) is 16.2. The Bertz CT molecular complexity index is 1240. The van der Waals surface area contributed by atoms with Crippen LogP contribution in [0.3, 0.4) is 0 Å². The van der Waals surface area contributed by atoms with E-state index in [-0.39, 0.29) is 28.7 Å². The number of nitro groups is 1. The van der Waals surface area contributed by atoms with Crippen molar-refractivity contribution in [1.29, 1.82) is 0 Å². The lowest BCUT2D eigenvalue weighted by molar-refractivity contribution is -0.383. The summed E-state index contributed by atoms with van der Waals surface area (Å²) in [6.45, 7) is 3.25. The zero-order valence-corrected chi connectivity index (χ0v) is 17.7. The summed E-state index contributed by atoms with van der Waals surface area (Å²) in [4.78, 5) is 17.5. The Kier molecular flexibility index (Phi) is 5.35. The standard InChI is InChI=1S/C20H19ClN4O4S/c1-14-13-18(15-5-4-7-17(25(26)27)20(15)22-14)23-9-11-24(12-10-23)30(28,29)19-8-3-2-6-16(19)21/h2-8,13H,9-12H2,1H3. The van der Waals surface area contributed by atoms with Crippen LogP contribution in [0.5, 0.6) is 0 Å². The lowest BCUT2D eigenvalue weighted by Crippen LogP contribution is -2.48. The third kappa shape index (κ3) is 3.60. The Hall–Kier alpha value is -2.75. The molecule has 1 saturated heterocycles. The predicted octanol–water partition coefficient (Wildman–Crippen LogP) is 3.62. The maximum atomic E-state index is 13.0. The van der Waals surface area contributed by atoms with Gasteiger partial charge in [0.05, 0.1) is 9.95 Å². The van der Waals surface area contributed by atoms with E-state index in [1.165, 1.54) is 16.4 Å². The van der Waals surface area contributed by atoms with E-state index in [0.717, 1.165) is 5.69 Å². The van der Waals surface area contributed by atoms with Gasteiger partial charge in [-0.25, -0.2) is 13.4 Å². The Balaban J connectivity index is 1.64. The first kappa shape index (κ1) is 20.5. The van der Waals surface area contributed by atoms with Crippen molar-refractivity contribution in [2.24, 2.45) is 0 Å². The molecule has 4 rings (SSSR count). The number of nitrogens with zero attached hydrogens (tertiary/aromatic N) is 4. The lowest BCUT2D eigenvalue weighted by Gasteiger charge is -2.36. The van der Waals surface area contributed by atoms with Gasteiger partial charge in [-0.1, -0.05) is 35.9 Å². The van der Waals surface area contributed by atoms with Crippen molar-refractivity contribution < 1.29 is 13.3 Å². The number of hydrogen-bond donors (Lipinski definition) is 0. The second kappa shape index (κ2) is 7.82. The molecule has 1 fully saturated rings. The van der Waals surface area contributed by atoms with E-state index in [2.05, 4.69) is 4.98 Å². The molecule has 156 valence electrons. The van der Waals surface area contributed by atoms with Crippen LogP contribution in [0.2, 0.25) is 5.02 Å².